The van der Waals surface area contributed by atoms with Gasteiger partial charge in [-0.25, -0.2) is 9.37 Å². The van der Waals surface area contributed by atoms with Crippen molar-refractivity contribution in [2.75, 3.05) is 5.73 Å². The third kappa shape index (κ3) is 2.30. The van der Waals surface area contributed by atoms with Crippen LogP contribution in [0.5, 0.6) is 5.75 Å². The Kier molecular flexibility index (Phi) is 2.98. The summed E-state index contributed by atoms with van der Waals surface area (Å²) in [6.07, 6.45) is 3.52. The average Bonchev–Trinajstić information content (AvgIpc) is 2.70. The average molecular weight is 249 g/mol. The highest BCUT2D eigenvalue weighted by molar-refractivity contribution is 5.52. The predicted octanol–water partition coefficient (Wildman–Crippen LogP) is 2.46. The van der Waals surface area contributed by atoms with Gasteiger partial charge in [-0.3, -0.25) is 0 Å². The van der Waals surface area contributed by atoms with E-state index in [1.807, 2.05) is 31.7 Å². The van der Waals surface area contributed by atoms with E-state index < -0.39 is 5.60 Å². The number of ether oxygens (including phenoxy) is 1. The number of rotatable bonds is 3. The number of nitrogen functional groups attached to an aromatic ring is 1. The number of aromatic nitrogens is 2. The number of halogens is 1. The van der Waals surface area contributed by atoms with Crippen LogP contribution in [0.25, 0.3) is 0 Å². The Morgan fingerprint density at radius 1 is 1.39 bits per heavy atom. The van der Waals surface area contributed by atoms with E-state index in [0.29, 0.717) is 11.4 Å². The first kappa shape index (κ1) is 12.4. The van der Waals surface area contributed by atoms with Crippen molar-refractivity contribution in [1.82, 2.24) is 9.55 Å². The zero-order valence-electron chi connectivity index (χ0n) is 10.6. The molecule has 0 fully saturated rings. The van der Waals surface area contributed by atoms with Crippen molar-refractivity contribution >= 4 is 5.69 Å². The Hall–Kier alpha value is -2.04. The first-order valence-corrected chi connectivity index (χ1v) is 5.62. The minimum atomic E-state index is -0.694. The van der Waals surface area contributed by atoms with Crippen molar-refractivity contribution in [2.45, 2.75) is 19.4 Å². The SMILES string of the molecule is Cn1ccnc1C(C)(C)Oc1cc(F)ccc1N. The monoisotopic (exact) mass is 249 g/mol. The van der Waals surface area contributed by atoms with Gasteiger partial charge in [0.05, 0.1) is 5.69 Å². The summed E-state index contributed by atoms with van der Waals surface area (Å²) in [7, 11) is 1.88. The number of imidazole rings is 1. The van der Waals surface area contributed by atoms with Gasteiger partial charge in [0.2, 0.25) is 0 Å². The normalized spacial score (nSPS) is 11.6. The highest BCUT2D eigenvalue weighted by atomic mass is 19.1. The van der Waals surface area contributed by atoms with Gasteiger partial charge in [-0.15, -0.1) is 0 Å². The summed E-state index contributed by atoms with van der Waals surface area (Å²) < 4.78 is 20.8. The molecule has 0 bridgehead atoms. The fourth-order valence-corrected chi connectivity index (χ4v) is 1.86. The van der Waals surface area contributed by atoms with Crippen LogP contribution in [0.4, 0.5) is 10.1 Å². The summed E-state index contributed by atoms with van der Waals surface area (Å²) in [5.41, 5.74) is 5.48. The van der Waals surface area contributed by atoms with Gasteiger partial charge in [-0.2, -0.15) is 0 Å². The molecule has 96 valence electrons. The summed E-state index contributed by atoms with van der Waals surface area (Å²) in [5, 5.41) is 0. The summed E-state index contributed by atoms with van der Waals surface area (Å²) in [5.74, 6) is 0.684. The third-order valence-corrected chi connectivity index (χ3v) is 2.70. The van der Waals surface area contributed by atoms with Crippen molar-refractivity contribution in [2.24, 2.45) is 7.05 Å². The molecule has 0 amide bonds. The number of aryl methyl sites for hydroxylation is 1. The first-order chi connectivity index (χ1) is 8.40. The number of hydrogen-bond donors (Lipinski definition) is 1. The summed E-state index contributed by atoms with van der Waals surface area (Å²) in [6.45, 7) is 3.72. The van der Waals surface area contributed by atoms with Crippen molar-refractivity contribution in [1.29, 1.82) is 0 Å². The lowest BCUT2D eigenvalue weighted by molar-refractivity contribution is 0.0959. The van der Waals surface area contributed by atoms with Crippen LogP contribution in [0.1, 0.15) is 19.7 Å². The molecule has 0 aliphatic rings. The lowest BCUT2D eigenvalue weighted by Gasteiger charge is -2.26. The third-order valence-electron chi connectivity index (χ3n) is 2.70. The smallest absolute Gasteiger partial charge is 0.161 e. The molecule has 2 N–H and O–H groups in total. The summed E-state index contributed by atoms with van der Waals surface area (Å²) in [6, 6.07) is 4.06. The molecule has 0 saturated carbocycles. The van der Waals surface area contributed by atoms with Crippen molar-refractivity contribution < 1.29 is 9.13 Å². The van der Waals surface area contributed by atoms with E-state index in [-0.39, 0.29) is 5.82 Å². The number of hydrogen-bond acceptors (Lipinski definition) is 3. The van der Waals surface area contributed by atoms with E-state index in [2.05, 4.69) is 4.98 Å². The summed E-state index contributed by atoms with van der Waals surface area (Å²) >= 11 is 0. The minimum Gasteiger partial charge on any atom is -0.478 e. The maximum atomic E-state index is 13.2. The number of benzene rings is 1. The van der Waals surface area contributed by atoms with Crippen molar-refractivity contribution in [3.63, 3.8) is 0 Å². The van der Waals surface area contributed by atoms with Crippen LogP contribution in [-0.4, -0.2) is 9.55 Å². The number of anilines is 1. The molecule has 18 heavy (non-hydrogen) atoms. The zero-order chi connectivity index (χ0) is 13.3. The molecule has 1 heterocycles. The second-order valence-corrected chi connectivity index (χ2v) is 4.66. The summed E-state index contributed by atoms with van der Waals surface area (Å²) in [4.78, 5) is 4.24. The molecule has 4 nitrogen and oxygen atoms in total. The van der Waals surface area contributed by atoms with Crippen LogP contribution < -0.4 is 10.5 Å². The standard InChI is InChI=1S/C13H16FN3O/c1-13(2,12-16-6-7-17(12)3)18-11-8-9(14)4-5-10(11)15/h4-8H,15H2,1-3H3. The highest BCUT2D eigenvalue weighted by Crippen LogP contribution is 2.30. The van der Waals surface area contributed by atoms with Crippen LogP contribution in [0.2, 0.25) is 0 Å². The van der Waals surface area contributed by atoms with E-state index >= 15 is 0 Å². The van der Waals surface area contributed by atoms with Crippen LogP contribution >= 0.6 is 0 Å². The number of nitrogens with zero attached hydrogens (tertiary/aromatic N) is 2. The molecule has 0 aliphatic carbocycles. The van der Waals surface area contributed by atoms with E-state index in [1.165, 1.54) is 18.2 Å². The molecule has 0 atom stereocenters. The molecule has 2 aromatic rings. The second-order valence-electron chi connectivity index (χ2n) is 4.66. The molecule has 0 radical (unpaired) electrons. The first-order valence-electron chi connectivity index (χ1n) is 5.62. The molecule has 2 rings (SSSR count). The van der Waals surface area contributed by atoms with Crippen LogP contribution in [0.3, 0.4) is 0 Å². The lowest BCUT2D eigenvalue weighted by atomic mass is 10.1. The zero-order valence-corrected chi connectivity index (χ0v) is 10.6. The van der Waals surface area contributed by atoms with E-state index in [0.717, 1.165) is 5.82 Å². The Balaban J connectivity index is 2.33. The lowest BCUT2D eigenvalue weighted by Crippen LogP contribution is -2.29. The maximum absolute atomic E-state index is 13.2. The Morgan fingerprint density at radius 3 is 2.72 bits per heavy atom. The van der Waals surface area contributed by atoms with E-state index in [9.17, 15) is 4.39 Å². The molecule has 0 unspecified atom stereocenters. The van der Waals surface area contributed by atoms with Gasteiger partial charge >= 0.3 is 0 Å². The molecule has 0 spiro atoms. The van der Waals surface area contributed by atoms with Crippen LogP contribution in [-0.2, 0) is 12.6 Å². The van der Waals surface area contributed by atoms with Gasteiger partial charge in [-0.1, -0.05) is 0 Å². The fourth-order valence-electron chi connectivity index (χ4n) is 1.86. The van der Waals surface area contributed by atoms with Gasteiger partial charge in [-0.05, 0) is 26.0 Å². The Morgan fingerprint density at radius 2 is 2.11 bits per heavy atom. The fraction of sp³-hybridized carbons (Fsp3) is 0.308. The minimum absolute atomic E-state index is 0.322. The van der Waals surface area contributed by atoms with Crippen molar-refractivity contribution in [3.8, 4) is 5.75 Å². The van der Waals surface area contributed by atoms with E-state index in [1.54, 1.807) is 6.20 Å². The Bertz CT molecular complexity index is 563. The molecule has 0 aliphatic heterocycles. The molecule has 0 saturated heterocycles. The molecule has 1 aromatic carbocycles. The largest absolute Gasteiger partial charge is 0.478 e. The highest BCUT2D eigenvalue weighted by Gasteiger charge is 2.28. The van der Waals surface area contributed by atoms with Gasteiger partial charge in [0.25, 0.3) is 0 Å². The van der Waals surface area contributed by atoms with Crippen LogP contribution in [0.15, 0.2) is 30.6 Å². The second kappa shape index (κ2) is 4.33. The quantitative estimate of drug-likeness (QED) is 0.850. The van der Waals surface area contributed by atoms with Gasteiger partial charge in [0, 0.05) is 25.5 Å². The van der Waals surface area contributed by atoms with E-state index in [4.69, 9.17) is 10.5 Å². The molecular formula is C13H16FN3O. The van der Waals surface area contributed by atoms with Gasteiger partial charge in [0.1, 0.15) is 11.6 Å². The van der Waals surface area contributed by atoms with Crippen molar-refractivity contribution in [3.05, 3.63) is 42.2 Å². The van der Waals surface area contributed by atoms with Gasteiger partial charge in [0.15, 0.2) is 11.4 Å². The topological polar surface area (TPSA) is 53.1 Å². The molecule has 1 aromatic heterocycles. The molecule has 5 heteroatoms. The Labute approximate surface area is 105 Å². The van der Waals surface area contributed by atoms with Gasteiger partial charge < -0.3 is 15.0 Å². The predicted molar refractivity (Wildman–Crippen MR) is 67.7 cm³/mol. The van der Waals surface area contributed by atoms with Crippen LogP contribution in [0, 0.1) is 5.82 Å². The number of nitrogens with two attached hydrogens (primary N) is 1. The maximum Gasteiger partial charge on any atom is 0.161 e. The molecular weight excluding hydrogens is 233 g/mol.